The van der Waals surface area contributed by atoms with Crippen LogP contribution in [-0.2, 0) is 26.5 Å². The second-order valence-corrected chi connectivity index (χ2v) is 20.4. The van der Waals surface area contributed by atoms with Gasteiger partial charge >= 0.3 is 0 Å². The molecule has 4 nitrogen and oxygen atoms in total. The average molecular weight is 1070 g/mol. The third-order valence-corrected chi connectivity index (χ3v) is 13.0. The van der Waals surface area contributed by atoms with Crippen molar-refractivity contribution in [2.75, 3.05) is 0 Å². The number of aryl methyl sites for hydroxylation is 1. The Balaban J connectivity index is 0.00000760. The van der Waals surface area contributed by atoms with Crippen molar-refractivity contribution in [2.45, 2.75) is 132 Å². The molecular weight excluding hydrogens is 998 g/mol. The second kappa shape index (κ2) is 19.6. The normalized spacial score (nSPS) is 13.6. The van der Waals surface area contributed by atoms with E-state index in [-0.39, 0.29) is 55.5 Å². The fourth-order valence-corrected chi connectivity index (χ4v) is 8.76. The zero-order valence-electron chi connectivity index (χ0n) is 46.4. The molecule has 8 rings (SSSR count). The van der Waals surface area contributed by atoms with Crippen molar-refractivity contribution in [1.82, 2.24) is 14.5 Å². The van der Waals surface area contributed by atoms with Gasteiger partial charge in [0.1, 0.15) is 11.6 Å². The topological polar surface area (TPSA) is 50.9 Å². The summed E-state index contributed by atoms with van der Waals surface area (Å²) in [5.41, 5.74) is 14.7. The van der Waals surface area contributed by atoms with Crippen molar-refractivity contribution in [2.24, 2.45) is 0 Å². The molecule has 1 N–H and O–H groups in total. The number of fused-ring (bicyclic) bond motifs is 1. The minimum atomic E-state index is -2.56. The molecule has 0 saturated carbocycles. The van der Waals surface area contributed by atoms with Crippen LogP contribution >= 0.6 is 0 Å². The largest absolute Gasteiger partial charge is 0.507 e. The first-order chi connectivity index (χ1) is 33.1. The van der Waals surface area contributed by atoms with Crippen molar-refractivity contribution in [1.29, 1.82) is 0 Å². The van der Waals surface area contributed by atoms with Crippen LogP contribution in [0.3, 0.4) is 0 Å². The maximum atomic E-state index is 12.3. The van der Waals surface area contributed by atoms with Crippen molar-refractivity contribution in [3.63, 3.8) is 0 Å². The van der Waals surface area contributed by atoms with Crippen LogP contribution in [0.25, 0.3) is 72.7 Å². The fourth-order valence-electron chi connectivity index (χ4n) is 8.76. The van der Waals surface area contributed by atoms with Crippen LogP contribution in [0, 0.1) is 12.9 Å². The van der Waals surface area contributed by atoms with Gasteiger partial charge in [-0.05, 0) is 128 Å². The van der Waals surface area contributed by atoms with Crippen LogP contribution in [0.5, 0.6) is 5.75 Å². The van der Waals surface area contributed by atoms with Crippen LogP contribution in [-0.4, -0.2) is 19.6 Å². The number of aromatic hydroxyl groups is 1. The summed E-state index contributed by atoms with van der Waals surface area (Å²) in [6.07, 6.45) is 1.83. The molecule has 0 bridgehead atoms. The van der Waals surface area contributed by atoms with Gasteiger partial charge < -0.3 is 5.11 Å². The summed E-state index contributed by atoms with van der Waals surface area (Å²) in [4.78, 5) is 10.4. The van der Waals surface area contributed by atoms with Crippen molar-refractivity contribution in [3.8, 4) is 67.5 Å². The molecule has 0 amide bonds. The van der Waals surface area contributed by atoms with Gasteiger partial charge in [0, 0.05) is 39.8 Å². The van der Waals surface area contributed by atoms with E-state index in [1.165, 1.54) is 0 Å². The molecule has 2 heterocycles. The summed E-state index contributed by atoms with van der Waals surface area (Å²) < 4.78 is 46.7. The molecule has 0 spiro atoms. The zero-order chi connectivity index (χ0) is 51.7. The number of hydrogen-bond donors (Lipinski definition) is 1. The Bertz CT molecular complexity index is 3290. The van der Waals surface area contributed by atoms with Gasteiger partial charge in [0.05, 0.1) is 22.3 Å². The Kier molecular flexibility index (Phi) is 12.5. The molecule has 0 unspecified atom stereocenters. The van der Waals surface area contributed by atoms with Gasteiger partial charge in [0.2, 0.25) is 0 Å². The third kappa shape index (κ3) is 10.0. The van der Waals surface area contributed by atoms with Gasteiger partial charge in [-0.1, -0.05) is 174 Å². The molecule has 67 heavy (non-hydrogen) atoms. The van der Waals surface area contributed by atoms with E-state index < -0.39 is 18.6 Å². The molecule has 0 aliphatic rings. The smallest absolute Gasteiger partial charge is 0.148 e. The number of imidazole rings is 1. The van der Waals surface area contributed by atoms with E-state index in [0.717, 1.165) is 78.0 Å². The molecule has 6 aromatic carbocycles. The first kappa shape index (κ1) is 42.8. The number of pyridine rings is 1. The minimum absolute atomic E-state index is 0. The van der Waals surface area contributed by atoms with E-state index >= 15 is 0 Å². The monoisotopic (exact) mass is 1070 g/mol. The van der Waals surface area contributed by atoms with Gasteiger partial charge in [-0.3, -0.25) is 9.55 Å². The Hall–Kier alpha value is -5.57. The second-order valence-electron chi connectivity index (χ2n) is 20.4. The quantitative estimate of drug-likeness (QED) is 0.131. The van der Waals surface area contributed by atoms with Crippen LogP contribution in [0.2, 0.25) is 0 Å². The molecule has 0 radical (unpaired) electrons. The zero-order valence-corrected chi connectivity index (χ0v) is 43.7. The van der Waals surface area contributed by atoms with Gasteiger partial charge in [0.25, 0.3) is 0 Å². The minimum Gasteiger partial charge on any atom is -0.507 e. The number of para-hydroxylation sites is 1. The van der Waals surface area contributed by atoms with E-state index in [1.54, 1.807) is 6.07 Å². The number of nitrogens with zero attached hydrogens (tertiary/aromatic N) is 3. The summed E-state index contributed by atoms with van der Waals surface area (Å²) in [6, 6.07) is 42.2. The van der Waals surface area contributed by atoms with Gasteiger partial charge in [-0.25, -0.2) is 4.98 Å². The Morgan fingerprint density at radius 1 is 0.612 bits per heavy atom. The van der Waals surface area contributed by atoms with Crippen LogP contribution in [0.15, 0.2) is 121 Å². The summed E-state index contributed by atoms with van der Waals surface area (Å²) in [5, 5.41) is 12.3. The molecule has 0 atom stereocenters. The third-order valence-electron chi connectivity index (χ3n) is 13.0. The predicted octanol–water partition coefficient (Wildman–Crippen LogP) is 17.5. The first-order valence-electron chi connectivity index (χ1n) is 25.9. The summed E-state index contributed by atoms with van der Waals surface area (Å²) in [6.45, 7) is 24.2. The van der Waals surface area contributed by atoms with Gasteiger partial charge in [0.15, 0.2) is 0 Å². The predicted molar refractivity (Wildman–Crippen MR) is 280 cm³/mol. The maximum absolute atomic E-state index is 12.3. The van der Waals surface area contributed by atoms with E-state index in [1.807, 2.05) is 99.1 Å². The van der Waals surface area contributed by atoms with Crippen molar-refractivity contribution in [3.05, 3.63) is 166 Å². The Morgan fingerprint density at radius 2 is 1.25 bits per heavy atom. The Morgan fingerprint density at radius 3 is 1.90 bits per heavy atom. The Labute approximate surface area is 422 Å². The van der Waals surface area contributed by atoms with E-state index in [0.29, 0.717) is 28.1 Å². The van der Waals surface area contributed by atoms with E-state index in [2.05, 4.69) is 117 Å². The number of phenolic OH excluding ortho intramolecular Hbond substituents is 1. The average Bonchev–Trinajstić information content (AvgIpc) is 3.69. The van der Waals surface area contributed by atoms with Gasteiger partial charge in [-0.2, -0.15) is 0 Å². The van der Waals surface area contributed by atoms with Crippen LogP contribution < -0.4 is 0 Å². The number of rotatable bonds is 11. The van der Waals surface area contributed by atoms with Crippen molar-refractivity contribution >= 4 is 11.0 Å². The molecule has 5 heteroatoms. The first-order valence-corrected chi connectivity index (χ1v) is 23.4. The molecule has 8 aromatic rings. The maximum Gasteiger partial charge on any atom is 0.148 e. The molecule has 0 fully saturated rings. The van der Waals surface area contributed by atoms with Crippen LogP contribution in [0.4, 0.5) is 0 Å². The number of phenols is 1. The molecule has 348 valence electrons. The summed E-state index contributed by atoms with van der Waals surface area (Å²) in [7, 11) is 0. The molecule has 2 aromatic heterocycles. The van der Waals surface area contributed by atoms with Gasteiger partial charge in [-0.15, -0.1) is 29.3 Å². The molecule has 0 aliphatic heterocycles. The number of aromatic nitrogens is 3. The van der Waals surface area contributed by atoms with Crippen molar-refractivity contribution < 1.29 is 33.0 Å². The number of hydrogen-bond acceptors (Lipinski definition) is 3. The SMILES string of the molecule is [2H]C([2H])([2H])c1cc(-c2cc(C(C)C)cc(C([2H])(C)C)c2)ccc1-n1c(-c2cc(C(C)C)cc(C(C)C)c2O)nc2c(-c3[c-]c(-c4cc(-c5ccc(C([2H])(C)C)cc5)ccn4)cc(C(C)(C)C)c3)cccc21.[Pt]. The standard InChI is InChI=1S/C62H68N3O.Pt/c1-36(2)42-18-20-43(21-19-42)45-24-25-63-56(35-45)51-30-50(31-52(32-51)62(12,13)14)53-16-15-17-58-59(53)64-61(55-34-48(39(7)8)33-54(40(9)10)60(55)66)65(58)57-23-22-44(26-41(57)11)49-28-46(37(3)4)27-47(29-49)38(5)6;/h15-29,31-40,66H,1-14H3;/q-1;/i11D3,36D,37D;. The molecule has 0 saturated heterocycles. The fraction of sp³-hybridized carbons (Fsp3) is 0.323. The van der Waals surface area contributed by atoms with Crippen LogP contribution in [0.1, 0.15) is 165 Å². The molecule has 0 aliphatic carbocycles. The summed E-state index contributed by atoms with van der Waals surface area (Å²) in [5.74, 6) is -0.715. The van der Waals surface area contributed by atoms with E-state index in [9.17, 15) is 5.11 Å². The molecular formula is C62H68N3OPt-. The number of benzene rings is 6. The van der Waals surface area contributed by atoms with E-state index in [4.69, 9.17) is 16.8 Å². The summed E-state index contributed by atoms with van der Waals surface area (Å²) >= 11 is 0.